The van der Waals surface area contributed by atoms with Gasteiger partial charge in [0.05, 0.1) is 22.5 Å². The predicted molar refractivity (Wildman–Crippen MR) is 123 cm³/mol. The molecule has 0 amide bonds. The zero-order valence-corrected chi connectivity index (χ0v) is 19.4. The smallest absolute Gasteiger partial charge is 0.338 e. The number of fused-ring (bicyclic) bond motifs is 3. The summed E-state index contributed by atoms with van der Waals surface area (Å²) in [6.07, 6.45) is 4.95. The number of thiophene rings is 1. The van der Waals surface area contributed by atoms with E-state index in [4.69, 9.17) is 4.74 Å². The summed E-state index contributed by atoms with van der Waals surface area (Å²) in [5.74, 6) is 0.464. The molecule has 1 fully saturated rings. The van der Waals surface area contributed by atoms with E-state index in [1.807, 2.05) is 0 Å². The van der Waals surface area contributed by atoms with Crippen LogP contribution in [-0.2, 0) is 27.6 Å². The first-order valence-electron chi connectivity index (χ1n) is 10.8. The predicted octanol–water partition coefficient (Wildman–Crippen LogP) is 2.87. The minimum Gasteiger partial charge on any atom is -0.462 e. The molecule has 32 heavy (non-hydrogen) atoms. The van der Waals surface area contributed by atoms with E-state index in [2.05, 4.69) is 14.9 Å². The van der Waals surface area contributed by atoms with Crippen molar-refractivity contribution in [3.63, 3.8) is 0 Å². The van der Waals surface area contributed by atoms with Crippen molar-refractivity contribution in [2.75, 3.05) is 37.7 Å². The van der Waals surface area contributed by atoms with E-state index in [0.29, 0.717) is 31.7 Å². The summed E-state index contributed by atoms with van der Waals surface area (Å²) in [4.78, 5) is 25.7. The standard InChI is InChI=1S/C22H24N4O4S2/c1-2-30-22(27)15-6-8-16(9-7-15)32(28,29)26-12-10-25(11-13-26)20-19-17-4-3-5-18(17)31-21(19)24-14-23-20/h6-9,14H,2-5,10-13H2,1H3. The third kappa shape index (κ3) is 3.66. The first-order valence-corrected chi connectivity index (χ1v) is 13.0. The van der Waals surface area contributed by atoms with Gasteiger partial charge in [0.1, 0.15) is 17.0 Å². The number of aryl methyl sites for hydroxylation is 2. The Balaban J connectivity index is 1.33. The van der Waals surface area contributed by atoms with Crippen molar-refractivity contribution in [2.45, 2.75) is 31.1 Å². The van der Waals surface area contributed by atoms with Crippen molar-refractivity contribution in [3.8, 4) is 0 Å². The molecule has 3 aromatic rings. The molecule has 0 saturated carbocycles. The number of ether oxygens (including phenoxy) is 1. The summed E-state index contributed by atoms with van der Waals surface area (Å²) >= 11 is 1.76. The lowest BCUT2D eigenvalue weighted by Crippen LogP contribution is -2.49. The summed E-state index contributed by atoms with van der Waals surface area (Å²) in [5.41, 5.74) is 1.71. The molecule has 5 rings (SSSR count). The highest BCUT2D eigenvalue weighted by Crippen LogP contribution is 2.40. The highest BCUT2D eigenvalue weighted by atomic mass is 32.2. The second kappa shape index (κ2) is 8.42. The number of aromatic nitrogens is 2. The number of hydrogen-bond acceptors (Lipinski definition) is 8. The van der Waals surface area contributed by atoms with E-state index >= 15 is 0 Å². The molecular weight excluding hydrogens is 448 g/mol. The van der Waals surface area contributed by atoms with Crippen LogP contribution >= 0.6 is 11.3 Å². The van der Waals surface area contributed by atoms with Crippen LogP contribution in [0, 0.1) is 0 Å². The topological polar surface area (TPSA) is 92.7 Å². The number of sulfonamides is 1. The summed E-state index contributed by atoms with van der Waals surface area (Å²) < 4.78 is 32.7. The SMILES string of the molecule is CCOC(=O)c1ccc(S(=O)(=O)N2CCN(c3ncnc4sc5c(c34)CCC5)CC2)cc1. The van der Waals surface area contributed by atoms with Crippen LogP contribution in [0.5, 0.6) is 0 Å². The normalized spacial score (nSPS) is 17.0. The Morgan fingerprint density at radius 2 is 1.84 bits per heavy atom. The molecule has 2 aliphatic rings. The monoisotopic (exact) mass is 472 g/mol. The second-order valence-corrected chi connectivity index (χ2v) is 10.9. The van der Waals surface area contributed by atoms with Gasteiger partial charge in [0, 0.05) is 31.1 Å². The molecule has 0 unspecified atom stereocenters. The van der Waals surface area contributed by atoms with Crippen molar-refractivity contribution in [1.82, 2.24) is 14.3 Å². The third-order valence-corrected chi connectivity index (χ3v) is 9.14. The lowest BCUT2D eigenvalue weighted by atomic mass is 10.1. The van der Waals surface area contributed by atoms with Crippen LogP contribution < -0.4 is 4.90 Å². The molecule has 0 N–H and O–H groups in total. The first kappa shape index (κ1) is 21.3. The molecule has 1 aromatic carbocycles. The number of esters is 1. The average molecular weight is 473 g/mol. The van der Waals surface area contributed by atoms with Gasteiger partial charge >= 0.3 is 5.97 Å². The van der Waals surface area contributed by atoms with Crippen molar-refractivity contribution in [2.24, 2.45) is 0 Å². The van der Waals surface area contributed by atoms with Crippen molar-refractivity contribution in [3.05, 3.63) is 46.6 Å². The Morgan fingerprint density at radius 3 is 2.56 bits per heavy atom. The minimum absolute atomic E-state index is 0.180. The maximum absolute atomic E-state index is 13.1. The Bertz CT molecular complexity index is 1260. The van der Waals surface area contributed by atoms with Gasteiger partial charge in [0.2, 0.25) is 10.0 Å². The maximum atomic E-state index is 13.1. The number of carbonyl (C=O) groups excluding carboxylic acids is 1. The zero-order valence-electron chi connectivity index (χ0n) is 17.8. The van der Waals surface area contributed by atoms with E-state index < -0.39 is 16.0 Å². The summed E-state index contributed by atoms with van der Waals surface area (Å²) in [7, 11) is -3.64. The van der Waals surface area contributed by atoms with E-state index in [-0.39, 0.29) is 11.5 Å². The van der Waals surface area contributed by atoms with Crippen LogP contribution in [0.25, 0.3) is 10.2 Å². The minimum atomic E-state index is -3.64. The van der Waals surface area contributed by atoms with Crippen LogP contribution in [0.1, 0.15) is 34.1 Å². The number of rotatable bonds is 5. The summed E-state index contributed by atoms with van der Waals surface area (Å²) in [5, 5.41) is 1.15. The molecule has 1 aliphatic heterocycles. The van der Waals surface area contributed by atoms with Gasteiger partial charge in [-0.1, -0.05) is 0 Å². The highest BCUT2D eigenvalue weighted by Gasteiger charge is 2.31. The van der Waals surface area contributed by atoms with Crippen LogP contribution in [0.3, 0.4) is 0 Å². The number of benzene rings is 1. The zero-order chi connectivity index (χ0) is 22.3. The average Bonchev–Trinajstić information content (AvgIpc) is 3.40. The molecule has 1 aliphatic carbocycles. The molecule has 0 radical (unpaired) electrons. The second-order valence-electron chi connectivity index (χ2n) is 7.87. The quantitative estimate of drug-likeness (QED) is 0.527. The fourth-order valence-corrected chi connectivity index (χ4v) is 7.06. The van der Waals surface area contributed by atoms with Gasteiger partial charge in [0.15, 0.2) is 0 Å². The van der Waals surface area contributed by atoms with Crippen LogP contribution in [0.2, 0.25) is 0 Å². The highest BCUT2D eigenvalue weighted by molar-refractivity contribution is 7.89. The van der Waals surface area contributed by atoms with E-state index in [1.165, 1.54) is 45.4 Å². The van der Waals surface area contributed by atoms with Gasteiger partial charge in [-0.25, -0.2) is 23.2 Å². The van der Waals surface area contributed by atoms with Crippen molar-refractivity contribution >= 4 is 43.4 Å². The largest absolute Gasteiger partial charge is 0.462 e. The Hall–Kier alpha value is -2.56. The molecule has 0 spiro atoms. The van der Waals surface area contributed by atoms with Gasteiger partial charge < -0.3 is 9.64 Å². The summed E-state index contributed by atoms with van der Waals surface area (Å²) in [6, 6.07) is 5.93. The fourth-order valence-electron chi connectivity index (χ4n) is 4.42. The molecule has 0 bridgehead atoms. The van der Waals surface area contributed by atoms with Gasteiger partial charge in [-0.2, -0.15) is 4.31 Å². The number of nitrogens with zero attached hydrogens (tertiary/aromatic N) is 4. The van der Waals surface area contributed by atoms with Crippen molar-refractivity contribution in [1.29, 1.82) is 0 Å². The van der Waals surface area contributed by atoms with Gasteiger partial charge in [-0.05, 0) is 56.0 Å². The maximum Gasteiger partial charge on any atom is 0.338 e. The molecular formula is C22H24N4O4S2. The van der Waals surface area contributed by atoms with Crippen molar-refractivity contribution < 1.29 is 17.9 Å². The van der Waals surface area contributed by atoms with Gasteiger partial charge in [-0.15, -0.1) is 11.3 Å². The van der Waals surface area contributed by atoms with Crippen LogP contribution in [-0.4, -0.2) is 61.4 Å². The van der Waals surface area contributed by atoms with Gasteiger partial charge in [0.25, 0.3) is 0 Å². The number of carbonyl (C=O) groups is 1. The van der Waals surface area contributed by atoms with E-state index in [0.717, 1.165) is 28.9 Å². The number of hydrogen-bond donors (Lipinski definition) is 0. The fraction of sp³-hybridized carbons (Fsp3) is 0.409. The van der Waals surface area contributed by atoms with Crippen LogP contribution in [0.15, 0.2) is 35.5 Å². The van der Waals surface area contributed by atoms with Gasteiger partial charge in [-0.3, -0.25) is 0 Å². The molecule has 168 valence electrons. The first-order chi connectivity index (χ1) is 15.5. The number of anilines is 1. The molecule has 2 aromatic heterocycles. The molecule has 0 atom stereocenters. The Kier molecular flexibility index (Phi) is 5.60. The third-order valence-electron chi connectivity index (χ3n) is 6.02. The Labute approximate surface area is 190 Å². The molecule has 8 nitrogen and oxygen atoms in total. The van der Waals surface area contributed by atoms with E-state index in [1.54, 1.807) is 24.6 Å². The summed E-state index contributed by atoms with van der Waals surface area (Å²) in [6.45, 7) is 3.89. The number of piperazine rings is 1. The lowest BCUT2D eigenvalue weighted by molar-refractivity contribution is 0.0526. The lowest BCUT2D eigenvalue weighted by Gasteiger charge is -2.35. The van der Waals surface area contributed by atoms with E-state index in [9.17, 15) is 13.2 Å². The molecule has 3 heterocycles. The Morgan fingerprint density at radius 1 is 1.09 bits per heavy atom. The molecule has 10 heteroatoms. The van der Waals surface area contributed by atoms with Crippen LogP contribution in [0.4, 0.5) is 5.82 Å². The molecule has 1 saturated heterocycles.